The van der Waals surface area contributed by atoms with Gasteiger partial charge in [0.2, 0.25) is 0 Å². The van der Waals surface area contributed by atoms with Crippen molar-refractivity contribution in [3.63, 3.8) is 0 Å². The molecular formula is C21H16BrNO4. The molecule has 0 unspecified atom stereocenters. The molecule has 0 heterocycles. The second kappa shape index (κ2) is 8.56. The summed E-state index contributed by atoms with van der Waals surface area (Å²) in [6, 6.07) is 18.6. The van der Waals surface area contributed by atoms with Crippen LogP contribution in [0.25, 0.3) is 10.8 Å². The number of rotatable bonds is 6. The van der Waals surface area contributed by atoms with E-state index in [4.69, 9.17) is 19.5 Å². The number of fused-ring (bicyclic) bond motifs is 1. The molecule has 0 aliphatic carbocycles. The number of carbonyl (C=O) groups excluding carboxylic acids is 1. The Morgan fingerprint density at radius 2 is 1.85 bits per heavy atom. The van der Waals surface area contributed by atoms with Crippen LogP contribution in [0.5, 0.6) is 17.2 Å². The highest BCUT2D eigenvalue weighted by Gasteiger charge is 2.16. The summed E-state index contributed by atoms with van der Waals surface area (Å²) in [6.07, 6.45) is 0. The van der Waals surface area contributed by atoms with E-state index in [-0.39, 0.29) is 12.4 Å². The number of nitrogens with zero attached hydrogens (tertiary/aromatic N) is 1. The number of hydrogen-bond donors (Lipinski definition) is 0. The van der Waals surface area contributed by atoms with Crippen molar-refractivity contribution >= 4 is 32.7 Å². The van der Waals surface area contributed by atoms with Gasteiger partial charge in [-0.3, -0.25) is 0 Å². The van der Waals surface area contributed by atoms with Crippen molar-refractivity contribution in [1.82, 2.24) is 0 Å². The van der Waals surface area contributed by atoms with Crippen LogP contribution in [-0.2, 0) is 4.79 Å². The molecule has 0 bridgehead atoms. The lowest BCUT2D eigenvalue weighted by Crippen LogP contribution is -2.18. The van der Waals surface area contributed by atoms with Gasteiger partial charge in [-0.15, -0.1) is 0 Å². The summed E-state index contributed by atoms with van der Waals surface area (Å²) in [7, 11) is 0. The predicted octanol–water partition coefficient (Wildman–Crippen LogP) is 4.86. The summed E-state index contributed by atoms with van der Waals surface area (Å²) in [4.78, 5) is 12.2. The summed E-state index contributed by atoms with van der Waals surface area (Å²) < 4.78 is 16.9. The van der Waals surface area contributed by atoms with E-state index >= 15 is 0 Å². The average molecular weight is 426 g/mol. The molecule has 0 fully saturated rings. The first-order valence-corrected chi connectivity index (χ1v) is 9.08. The van der Waals surface area contributed by atoms with Crippen LogP contribution in [0.1, 0.15) is 12.5 Å². The Morgan fingerprint density at radius 3 is 2.59 bits per heavy atom. The molecule has 0 N–H and O–H groups in total. The van der Waals surface area contributed by atoms with E-state index in [2.05, 4.69) is 15.9 Å². The van der Waals surface area contributed by atoms with Crippen LogP contribution in [0, 0.1) is 11.3 Å². The van der Waals surface area contributed by atoms with E-state index in [9.17, 15) is 4.79 Å². The first kappa shape index (κ1) is 18.7. The number of esters is 1. The second-order valence-corrected chi connectivity index (χ2v) is 6.46. The van der Waals surface area contributed by atoms with Gasteiger partial charge < -0.3 is 14.2 Å². The Labute approximate surface area is 165 Å². The molecule has 0 atom stereocenters. The van der Waals surface area contributed by atoms with Crippen LogP contribution < -0.4 is 14.2 Å². The molecule has 6 heteroatoms. The summed E-state index contributed by atoms with van der Waals surface area (Å²) in [5.74, 6) is 0.550. The first-order chi connectivity index (χ1) is 13.1. The summed E-state index contributed by atoms with van der Waals surface area (Å²) in [6.45, 7) is 1.93. The van der Waals surface area contributed by atoms with E-state index < -0.39 is 5.97 Å². The zero-order valence-corrected chi connectivity index (χ0v) is 16.2. The summed E-state index contributed by atoms with van der Waals surface area (Å²) >= 11 is 3.31. The molecule has 3 rings (SSSR count). The van der Waals surface area contributed by atoms with Crippen molar-refractivity contribution in [2.75, 3.05) is 13.2 Å². The molecule has 0 saturated heterocycles. The lowest BCUT2D eigenvalue weighted by atomic mass is 10.1. The molecule has 0 saturated carbocycles. The van der Waals surface area contributed by atoms with Crippen molar-refractivity contribution < 1.29 is 19.0 Å². The van der Waals surface area contributed by atoms with Crippen molar-refractivity contribution in [3.05, 3.63) is 64.6 Å². The SMILES string of the molecule is CCOc1cc(C#N)cc(Br)c1OC(=O)COc1ccc2ccccc2c1. The number of benzene rings is 3. The largest absolute Gasteiger partial charge is 0.490 e. The minimum atomic E-state index is -0.575. The second-order valence-electron chi connectivity index (χ2n) is 5.60. The van der Waals surface area contributed by atoms with Gasteiger partial charge in [0.25, 0.3) is 0 Å². The molecule has 3 aromatic carbocycles. The van der Waals surface area contributed by atoms with E-state index in [1.54, 1.807) is 19.1 Å². The molecule has 0 radical (unpaired) electrons. The van der Waals surface area contributed by atoms with Gasteiger partial charge in [0.15, 0.2) is 18.1 Å². The zero-order valence-electron chi connectivity index (χ0n) is 14.6. The topological polar surface area (TPSA) is 68.5 Å². The smallest absolute Gasteiger partial charge is 0.349 e. The molecule has 3 aromatic rings. The van der Waals surface area contributed by atoms with E-state index in [0.29, 0.717) is 28.1 Å². The fourth-order valence-electron chi connectivity index (χ4n) is 2.54. The van der Waals surface area contributed by atoms with Crippen LogP contribution in [0.2, 0.25) is 0 Å². The van der Waals surface area contributed by atoms with Gasteiger partial charge in [0, 0.05) is 6.07 Å². The number of carbonyl (C=O) groups is 1. The highest BCUT2D eigenvalue weighted by molar-refractivity contribution is 9.10. The average Bonchev–Trinajstić information content (AvgIpc) is 2.68. The molecule has 0 aliphatic heterocycles. The van der Waals surface area contributed by atoms with Crippen LogP contribution in [0.3, 0.4) is 0 Å². The maximum Gasteiger partial charge on any atom is 0.349 e. The molecule has 0 aliphatic rings. The normalized spacial score (nSPS) is 10.3. The van der Waals surface area contributed by atoms with Gasteiger partial charge >= 0.3 is 5.97 Å². The Hall–Kier alpha value is -3.04. The third-order valence-corrected chi connectivity index (χ3v) is 4.32. The Balaban J connectivity index is 1.71. The van der Waals surface area contributed by atoms with Gasteiger partial charge in [-0.1, -0.05) is 30.3 Å². The Bertz CT molecular complexity index is 1030. The van der Waals surface area contributed by atoms with Gasteiger partial charge in [0.05, 0.1) is 22.7 Å². The minimum absolute atomic E-state index is 0.225. The fourth-order valence-corrected chi connectivity index (χ4v) is 3.06. The van der Waals surface area contributed by atoms with E-state index in [1.807, 2.05) is 42.5 Å². The first-order valence-electron chi connectivity index (χ1n) is 8.29. The lowest BCUT2D eigenvalue weighted by Gasteiger charge is -2.13. The maximum atomic E-state index is 12.2. The predicted molar refractivity (Wildman–Crippen MR) is 105 cm³/mol. The molecule has 136 valence electrons. The maximum absolute atomic E-state index is 12.2. The molecule has 0 aromatic heterocycles. The highest BCUT2D eigenvalue weighted by Crippen LogP contribution is 2.37. The number of ether oxygens (including phenoxy) is 3. The fraction of sp³-hybridized carbons (Fsp3) is 0.143. The molecule has 27 heavy (non-hydrogen) atoms. The molecule has 0 amide bonds. The van der Waals surface area contributed by atoms with Gasteiger partial charge in [-0.25, -0.2) is 4.79 Å². The number of hydrogen-bond acceptors (Lipinski definition) is 5. The van der Waals surface area contributed by atoms with Crippen molar-refractivity contribution in [1.29, 1.82) is 5.26 Å². The van der Waals surface area contributed by atoms with Crippen molar-refractivity contribution in [2.45, 2.75) is 6.92 Å². The van der Waals surface area contributed by atoms with Crippen molar-refractivity contribution in [2.24, 2.45) is 0 Å². The van der Waals surface area contributed by atoms with Crippen LogP contribution in [0.4, 0.5) is 0 Å². The van der Waals surface area contributed by atoms with Crippen LogP contribution in [0.15, 0.2) is 59.1 Å². The third kappa shape index (κ3) is 4.57. The van der Waals surface area contributed by atoms with E-state index in [0.717, 1.165) is 10.8 Å². The lowest BCUT2D eigenvalue weighted by molar-refractivity contribution is -0.136. The number of nitriles is 1. The van der Waals surface area contributed by atoms with Crippen molar-refractivity contribution in [3.8, 4) is 23.3 Å². The van der Waals surface area contributed by atoms with Gasteiger partial charge in [0.1, 0.15) is 5.75 Å². The Kier molecular flexibility index (Phi) is 5.94. The molecule has 5 nitrogen and oxygen atoms in total. The highest BCUT2D eigenvalue weighted by atomic mass is 79.9. The third-order valence-electron chi connectivity index (χ3n) is 3.73. The molecular weight excluding hydrogens is 410 g/mol. The monoisotopic (exact) mass is 425 g/mol. The van der Waals surface area contributed by atoms with Gasteiger partial charge in [-0.05, 0) is 51.8 Å². The quantitative estimate of drug-likeness (QED) is 0.416. The van der Waals surface area contributed by atoms with Crippen LogP contribution in [-0.4, -0.2) is 19.2 Å². The standard InChI is InChI=1S/C21H16BrNO4/c1-2-25-19-10-14(12-23)9-18(22)21(19)27-20(24)13-26-17-8-7-15-5-3-4-6-16(15)11-17/h3-11H,2,13H2,1H3. The summed E-state index contributed by atoms with van der Waals surface area (Å²) in [5.41, 5.74) is 0.400. The zero-order chi connectivity index (χ0) is 19.2. The van der Waals surface area contributed by atoms with E-state index in [1.165, 1.54) is 6.07 Å². The van der Waals surface area contributed by atoms with Crippen LogP contribution >= 0.6 is 15.9 Å². The molecule has 0 spiro atoms. The number of halogens is 1. The summed E-state index contributed by atoms with van der Waals surface area (Å²) in [5, 5.41) is 11.2. The minimum Gasteiger partial charge on any atom is -0.490 e. The van der Waals surface area contributed by atoms with Gasteiger partial charge in [-0.2, -0.15) is 5.26 Å². The Morgan fingerprint density at radius 1 is 1.07 bits per heavy atom.